The van der Waals surface area contributed by atoms with Crippen molar-refractivity contribution in [3.05, 3.63) is 54.2 Å². The molecule has 0 saturated carbocycles. The zero-order chi connectivity index (χ0) is 18.9. The van der Waals surface area contributed by atoms with Gasteiger partial charge in [-0.05, 0) is 56.1 Å². The van der Waals surface area contributed by atoms with Gasteiger partial charge in [0.1, 0.15) is 0 Å². The summed E-state index contributed by atoms with van der Waals surface area (Å²) in [5.74, 6) is 0.820. The van der Waals surface area contributed by atoms with E-state index in [1.807, 2.05) is 36.4 Å². The van der Waals surface area contributed by atoms with Gasteiger partial charge in [0, 0.05) is 36.8 Å². The van der Waals surface area contributed by atoms with Crippen molar-refractivity contribution in [2.24, 2.45) is 0 Å². The van der Waals surface area contributed by atoms with Gasteiger partial charge in [-0.2, -0.15) is 0 Å². The summed E-state index contributed by atoms with van der Waals surface area (Å²) < 4.78 is 0. The van der Waals surface area contributed by atoms with Crippen molar-refractivity contribution in [3.8, 4) is 0 Å². The largest absolute Gasteiger partial charge is 0.337 e. The van der Waals surface area contributed by atoms with Crippen LogP contribution in [0.1, 0.15) is 31.7 Å². The normalized spacial score (nSPS) is 17.4. The second-order valence-electron chi connectivity index (χ2n) is 6.92. The number of rotatable bonds is 7. The number of anilines is 1. The van der Waals surface area contributed by atoms with E-state index in [-0.39, 0.29) is 6.03 Å². The number of nitrogens with one attached hydrogen (secondary N) is 2. The van der Waals surface area contributed by atoms with Crippen molar-refractivity contribution in [3.63, 3.8) is 0 Å². The molecule has 27 heavy (non-hydrogen) atoms. The molecule has 1 fully saturated rings. The van der Waals surface area contributed by atoms with Crippen molar-refractivity contribution in [1.29, 1.82) is 0 Å². The number of hydrogen-bond donors (Lipinski definition) is 2. The van der Waals surface area contributed by atoms with Crippen molar-refractivity contribution in [2.45, 2.75) is 43.0 Å². The summed E-state index contributed by atoms with van der Waals surface area (Å²) in [6.07, 6.45) is 5.64. The smallest absolute Gasteiger partial charge is 0.319 e. The molecule has 1 unspecified atom stereocenters. The monoisotopic (exact) mass is 384 g/mol. The molecule has 0 bridgehead atoms. The molecule has 144 valence electrons. The summed E-state index contributed by atoms with van der Waals surface area (Å²) in [5, 5.41) is 6.91. The maximum atomic E-state index is 12.2. The van der Waals surface area contributed by atoms with Gasteiger partial charge >= 0.3 is 6.03 Å². The Hall–Kier alpha value is -2.05. The topological polar surface area (TPSA) is 57.3 Å². The van der Waals surface area contributed by atoms with Crippen molar-refractivity contribution >= 4 is 23.5 Å². The highest BCUT2D eigenvalue weighted by Crippen LogP contribution is 2.22. The number of nitrogens with zero attached hydrogens (tertiary/aromatic N) is 2. The zero-order valence-corrected chi connectivity index (χ0v) is 16.7. The van der Waals surface area contributed by atoms with E-state index in [2.05, 4.69) is 33.5 Å². The molecule has 2 heterocycles. The second kappa shape index (κ2) is 10.3. The fourth-order valence-electron chi connectivity index (χ4n) is 3.31. The minimum absolute atomic E-state index is 0.144. The van der Waals surface area contributed by atoms with Crippen molar-refractivity contribution < 1.29 is 4.79 Å². The number of amides is 2. The fourth-order valence-corrected chi connectivity index (χ4v) is 4.11. The van der Waals surface area contributed by atoms with Crippen molar-refractivity contribution in [1.82, 2.24) is 15.2 Å². The fraction of sp³-hybridized carbons (Fsp3) is 0.429. The van der Waals surface area contributed by atoms with Crippen molar-refractivity contribution in [2.75, 3.05) is 25.0 Å². The number of benzene rings is 1. The van der Waals surface area contributed by atoms with E-state index in [0.29, 0.717) is 12.6 Å². The zero-order valence-electron chi connectivity index (χ0n) is 15.9. The molecule has 1 saturated heterocycles. The second-order valence-corrected chi connectivity index (χ2v) is 7.91. The number of likely N-dealkylation sites (tertiary alicyclic amines) is 1. The van der Waals surface area contributed by atoms with Gasteiger partial charge in [0.15, 0.2) is 0 Å². The molecule has 1 aliphatic rings. The van der Waals surface area contributed by atoms with Gasteiger partial charge in [-0.3, -0.25) is 4.90 Å². The van der Waals surface area contributed by atoms with Crippen LogP contribution in [-0.4, -0.2) is 41.6 Å². The molecule has 1 aliphatic heterocycles. The number of hydrogen-bond acceptors (Lipinski definition) is 4. The Morgan fingerprint density at radius 3 is 3.00 bits per heavy atom. The number of carbonyl (C=O) groups excluding carboxylic acids is 1. The van der Waals surface area contributed by atoms with Crippen LogP contribution in [-0.2, 0) is 5.75 Å². The molecule has 0 spiro atoms. The van der Waals surface area contributed by atoms with Gasteiger partial charge in [0.2, 0.25) is 0 Å². The van der Waals surface area contributed by atoms with Crippen LogP contribution in [0, 0.1) is 0 Å². The number of aromatic nitrogens is 1. The molecule has 2 aromatic rings. The van der Waals surface area contributed by atoms with E-state index < -0.39 is 0 Å². The minimum atomic E-state index is -0.144. The Morgan fingerprint density at radius 2 is 2.19 bits per heavy atom. The molecular weight excluding hydrogens is 356 g/mol. The van der Waals surface area contributed by atoms with Crippen LogP contribution >= 0.6 is 11.8 Å². The molecule has 6 heteroatoms. The summed E-state index contributed by atoms with van der Waals surface area (Å²) in [6, 6.07) is 14.4. The lowest BCUT2D eigenvalue weighted by atomic mass is 10.0. The maximum Gasteiger partial charge on any atom is 0.319 e. The lowest BCUT2D eigenvalue weighted by molar-refractivity contribution is 0.162. The summed E-state index contributed by atoms with van der Waals surface area (Å²) >= 11 is 1.69. The van der Waals surface area contributed by atoms with E-state index in [1.165, 1.54) is 19.3 Å². The van der Waals surface area contributed by atoms with E-state index in [1.54, 1.807) is 18.0 Å². The SMILES string of the molecule is CC1CCCCN1CCNC(=O)Nc1cccc(CSc2ccccn2)c1. The Labute approximate surface area is 165 Å². The van der Waals surface area contributed by atoms with E-state index >= 15 is 0 Å². The molecule has 2 amide bonds. The van der Waals surface area contributed by atoms with Gasteiger partial charge in [-0.25, -0.2) is 9.78 Å². The molecule has 1 atom stereocenters. The van der Waals surface area contributed by atoms with Gasteiger partial charge in [0.05, 0.1) is 5.03 Å². The highest BCUT2D eigenvalue weighted by Gasteiger charge is 2.17. The number of piperidine rings is 1. The quantitative estimate of drug-likeness (QED) is 0.696. The van der Waals surface area contributed by atoms with Crippen LogP contribution in [0.25, 0.3) is 0 Å². The molecule has 5 nitrogen and oxygen atoms in total. The van der Waals surface area contributed by atoms with Gasteiger partial charge in [-0.15, -0.1) is 11.8 Å². The number of pyridine rings is 1. The van der Waals surface area contributed by atoms with E-state index in [4.69, 9.17) is 0 Å². The minimum Gasteiger partial charge on any atom is -0.337 e. The Morgan fingerprint density at radius 1 is 1.26 bits per heavy atom. The third-order valence-corrected chi connectivity index (χ3v) is 5.85. The first-order valence-electron chi connectivity index (χ1n) is 9.62. The van der Waals surface area contributed by atoms with Gasteiger partial charge in [0.25, 0.3) is 0 Å². The summed E-state index contributed by atoms with van der Waals surface area (Å²) in [5.41, 5.74) is 1.98. The molecular formula is C21H28N4OS. The Balaban J connectivity index is 1.42. The maximum absolute atomic E-state index is 12.2. The molecule has 0 aliphatic carbocycles. The molecule has 1 aromatic carbocycles. The highest BCUT2D eigenvalue weighted by atomic mass is 32.2. The third-order valence-electron chi connectivity index (χ3n) is 4.83. The summed E-state index contributed by atoms with van der Waals surface area (Å²) in [6.45, 7) is 4.99. The van der Waals surface area contributed by atoms with Crippen LogP contribution in [0.4, 0.5) is 10.5 Å². The highest BCUT2D eigenvalue weighted by molar-refractivity contribution is 7.98. The van der Waals surface area contributed by atoms with Gasteiger partial charge < -0.3 is 10.6 Å². The number of thioether (sulfide) groups is 1. The predicted octanol–water partition coefficient (Wildman–Crippen LogP) is 4.37. The number of carbonyl (C=O) groups is 1. The summed E-state index contributed by atoms with van der Waals surface area (Å²) in [4.78, 5) is 18.9. The summed E-state index contributed by atoms with van der Waals surface area (Å²) in [7, 11) is 0. The average molecular weight is 385 g/mol. The molecule has 2 N–H and O–H groups in total. The third kappa shape index (κ3) is 6.56. The standard InChI is InChI=1S/C21H28N4OS/c1-17-7-3-5-13-25(17)14-12-23-21(26)24-19-9-6-8-18(15-19)16-27-20-10-2-4-11-22-20/h2,4,6,8-11,15,17H,3,5,7,12-14,16H2,1H3,(H2,23,24,26). The molecule has 3 rings (SSSR count). The van der Waals surface area contributed by atoms with E-state index in [9.17, 15) is 4.79 Å². The molecule has 1 aromatic heterocycles. The van der Waals surface area contributed by atoms with Crippen LogP contribution in [0.15, 0.2) is 53.7 Å². The lowest BCUT2D eigenvalue weighted by Crippen LogP contribution is -2.43. The first-order chi connectivity index (χ1) is 13.2. The van der Waals surface area contributed by atoms with Gasteiger partial charge in [-0.1, -0.05) is 24.6 Å². The van der Waals surface area contributed by atoms with Crippen LogP contribution in [0.2, 0.25) is 0 Å². The van der Waals surface area contributed by atoms with Crippen LogP contribution in [0.5, 0.6) is 0 Å². The van der Waals surface area contributed by atoms with Crippen LogP contribution in [0.3, 0.4) is 0 Å². The first-order valence-corrected chi connectivity index (χ1v) is 10.6. The average Bonchev–Trinajstić information content (AvgIpc) is 2.69. The first kappa shape index (κ1) is 19.7. The Kier molecular flexibility index (Phi) is 7.54. The Bertz CT molecular complexity index is 725. The predicted molar refractivity (Wildman–Crippen MR) is 112 cm³/mol. The number of urea groups is 1. The lowest BCUT2D eigenvalue weighted by Gasteiger charge is -2.33. The van der Waals surface area contributed by atoms with Crippen LogP contribution < -0.4 is 10.6 Å². The molecule has 0 radical (unpaired) electrons. The van der Waals surface area contributed by atoms with E-state index in [0.717, 1.165) is 35.1 Å².